The fraction of sp³-hybridized carbons (Fsp3) is 0.306. The fourth-order valence-electron chi connectivity index (χ4n) is 5.73. The van der Waals surface area contributed by atoms with Gasteiger partial charge in [-0.2, -0.15) is 5.10 Å². The van der Waals surface area contributed by atoms with Gasteiger partial charge >= 0.3 is 0 Å². The van der Waals surface area contributed by atoms with Crippen molar-refractivity contribution in [3.63, 3.8) is 0 Å². The molecule has 2 N–H and O–H groups in total. The van der Waals surface area contributed by atoms with Crippen molar-refractivity contribution < 1.29 is 13.2 Å². The number of nitrogens with one attached hydrogen (secondary N) is 2. The Morgan fingerprint density at radius 2 is 1.65 bits per heavy atom. The molecule has 11 nitrogen and oxygen atoms in total. The molecule has 2 aromatic heterocycles. The molecule has 49 heavy (non-hydrogen) atoms. The van der Waals surface area contributed by atoms with E-state index in [9.17, 15) is 8.42 Å². The molecule has 3 heterocycles. The van der Waals surface area contributed by atoms with Crippen molar-refractivity contribution in [3.05, 3.63) is 96.2 Å². The highest BCUT2D eigenvalue weighted by Gasteiger charge is 2.26. The summed E-state index contributed by atoms with van der Waals surface area (Å²) in [5.74, 6) is 2.28. The van der Waals surface area contributed by atoms with Crippen LogP contribution in [0.3, 0.4) is 0 Å². The Labute approximate surface area is 292 Å². The summed E-state index contributed by atoms with van der Waals surface area (Å²) in [7, 11) is 2.20. The molecule has 0 saturated carbocycles. The van der Waals surface area contributed by atoms with Gasteiger partial charge in [-0.15, -0.1) is 0 Å². The van der Waals surface area contributed by atoms with Crippen LogP contribution in [0.5, 0.6) is 5.75 Å². The van der Waals surface area contributed by atoms with E-state index in [1.165, 1.54) is 11.8 Å². The van der Waals surface area contributed by atoms with Crippen LogP contribution in [0.15, 0.2) is 99.9 Å². The van der Waals surface area contributed by atoms with Gasteiger partial charge < -0.3 is 19.9 Å². The molecular weight excluding hydrogens is 657 g/mol. The van der Waals surface area contributed by atoms with Gasteiger partial charge in [-0.25, -0.2) is 18.4 Å². The molecule has 0 bridgehead atoms. The molecule has 0 spiro atoms. The van der Waals surface area contributed by atoms with Gasteiger partial charge in [-0.3, -0.25) is 10.00 Å². The van der Waals surface area contributed by atoms with Gasteiger partial charge in [0.25, 0.3) is 0 Å². The van der Waals surface area contributed by atoms with E-state index in [1.54, 1.807) is 19.2 Å². The number of H-pyrrole nitrogens is 1. The molecule has 0 atom stereocenters. The Morgan fingerprint density at radius 1 is 0.939 bits per heavy atom. The molecule has 0 aliphatic carbocycles. The highest BCUT2D eigenvalue weighted by atomic mass is 32.2. The summed E-state index contributed by atoms with van der Waals surface area (Å²) < 4.78 is 33.1. The van der Waals surface area contributed by atoms with E-state index in [2.05, 4.69) is 44.3 Å². The number of aromatic nitrogens is 4. The van der Waals surface area contributed by atoms with Gasteiger partial charge in [0.1, 0.15) is 0 Å². The minimum Gasteiger partial charge on any atom is -0.490 e. The molecule has 5 aromatic rings. The van der Waals surface area contributed by atoms with E-state index in [-0.39, 0.29) is 10.6 Å². The summed E-state index contributed by atoms with van der Waals surface area (Å²) in [5, 5.41) is 11.1. The van der Waals surface area contributed by atoms with Crippen LogP contribution in [0.2, 0.25) is 0 Å². The number of hydrogen-bond donors (Lipinski definition) is 2. The Hall–Kier alpha value is -4.43. The molecule has 3 aromatic carbocycles. The molecule has 1 aliphatic heterocycles. The molecular formula is C36H42N8O3S2. The zero-order valence-electron chi connectivity index (χ0n) is 28.3. The number of hydrogen-bond acceptors (Lipinski definition) is 11. The lowest BCUT2D eigenvalue weighted by atomic mass is 10.0. The number of methoxy groups -OCH3 is 1. The maximum absolute atomic E-state index is 13.6. The average Bonchev–Trinajstić information content (AvgIpc) is 3.52. The standard InChI is InChI=1S/C36H42N8O3S2/c1-26-24-32(41-40-26)37-34-33(47-4)35(44-22-20-43(21-23-44)19-18-42(2)3)39-36(38-34)48-29-14-16-30(17-15-29)49(45,46)25-28-12-8-9-13-31(28)27-10-6-5-7-11-27/h5-17,24H,18-23,25H2,1-4H3,(H2,37,38,39,40,41). The maximum atomic E-state index is 13.6. The first-order valence-electron chi connectivity index (χ1n) is 16.2. The number of rotatable bonds is 13. The first-order chi connectivity index (χ1) is 23.7. The number of ether oxygens (including phenoxy) is 1. The zero-order chi connectivity index (χ0) is 34.4. The number of aryl methyl sites for hydroxylation is 1. The van der Waals surface area contributed by atoms with Crippen LogP contribution >= 0.6 is 11.8 Å². The van der Waals surface area contributed by atoms with Crippen LogP contribution in [0.1, 0.15) is 11.3 Å². The summed E-state index contributed by atoms with van der Waals surface area (Å²) in [6, 6.07) is 26.3. The smallest absolute Gasteiger partial charge is 0.204 e. The average molecular weight is 699 g/mol. The fourth-order valence-corrected chi connectivity index (χ4v) is 7.86. The van der Waals surface area contributed by atoms with Crippen molar-refractivity contribution in [3.8, 4) is 16.9 Å². The number of anilines is 3. The van der Waals surface area contributed by atoms with Gasteiger partial charge in [0, 0.05) is 55.9 Å². The summed E-state index contributed by atoms with van der Waals surface area (Å²) >= 11 is 1.37. The quantitative estimate of drug-likeness (QED) is 0.147. The minimum atomic E-state index is -3.61. The largest absolute Gasteiger partial charge is 0.490 e. The van der Waals surface area contributed by atoms with Crippen LogP contribution < -0.4 is 15.0 Å². The third kappa shape index (κ3) is 8.60. The van der Waals surface area contributed by atoms with Crippen molar-refractivity contribution >= 4 is 39.1 Å². The summed E-state index contributed by atoms with van der Waals surface area (Å²) in [4.78, 5) is 17.8. The van der Waals surface area contributed by atoms with Crippen molar-refractivity contribution in [2.24, 2.45) is 0 Å². The van der Waals surface area contributed by atoms with Crippen LogP contribution in [0.4, 0.5) is 17.5 Å². The van der Waals surface area contributed by atoms with E-state index >= 15 is 0 Å². The first kappa shape index (κ1) is 34.4. The van der Waals surface area contributed by atoms with E-state index in [1.807, 2.05) is 79.7 Å². The second kappa shape index (κ2) is 15.4. The van der Waals surface area contributed by atoms with Crippen LogP contribution in [-0.2, 0) is 15.6 Å². The van der Waals surface area contributed by atoms with Crippen LogP contribution in [-0.4, -0.2) is 98.9 Å². The molecule has 1 aliphatic rings. The molecule has 0 amide bonds. The SMILES string of the molecule is COc1c(Nc2cc(C)[nH]n2)nc(Sc2ccc(S(=O)(=O)Cc3ccccc3-c3ccccc3)cc2)nc1N1CCN(CCN(C)C)CC1. The summed E-state index contributed by atoms with van der Waals surface area (Å²) in [5.41, 5.74) is 3.58. The second-order valence-corrected chi connectivity index (χ2v) is 15.3. The summed E-state index contributed by atoms with van der Waals surface area (Å²) in [6.45, 7) is 7.38. The summed E-state index contributed by atoms with van der Waals surface area (Å²) in [6.07, 6.45) is 0. The van der Waals surface area contributed by atoms with Gasteiger partial charge in [0.15, 0.2) is 32.4 Å². The molecule has 6 rings (SSSR count). The molecule has 0 unspecified atom stereocenters. The van der Waals surface area contributed by atoms with E-state index < -0.39 is 9.84 Å². The lowest BCUT2D eigenvalue weighted by molar-refractivity contribution is 0.228. The van der Waals surface area contributed by atoms with E-state index in [4.69, 9.17) is 14.7 Å². The third-order valence-electron chi connectivity index (χ3n) is 8.36. The van der Waals surface area contributed by atoms with Crippen molar-refractivity contribution in [1.82, 2.24) is 30.0 Å². The topological polar surface area (TPSA) is 120 Å². The molecule has 0 radical (unpaired) electrons. The molecule has 1 fully saturated rings. The number of nitrogens with zero attached hydrogens (tertiary/aromatic N) is 6. The first-order valence-corrected chi connectivity index (χ1v) is 18.7. The van der Waals surface area contributed by atoms with Gasteiger partial charge in [-0.1, -0.05) is 54.6 Å². The highest BCUT2D eigenvalue weighted by molar-refractivity contribution is 7.99. The van der Waals surface area contributed by atoms with Crippen molar-refractivity contribution in [1.29, 1.82) is 0 Å². The lowest BCUT2D eigenvalue weighted by Crippen LogP contribution is -2.48. The molecule has 1 saturated heterocycles. The molecule has 256 valence electrons. The zero-order valence-corrected chi connectivity index (χ0v) is 29.9. The van der Waals surface area contributed by atoms with E-state index in [0.29, 0.717) is 28.4 Å². The highest BCUT2D eigenvalue weighted by Crippen LogP contribution is 2.38. The Kier molecular flexibility index (Phi) is 10.8. The third-order valence-corrected chi connectivity index (χ3v) is 10.9. The number of likely N-dealkylation sites (N-methyl/N-ethyl adjacent to an activating group) is 1. The number of benzene rings is 3. The number of aromatic amines is 1. The van der Waals surface area contributed by atoms with E-state index in [0.717, 1.165) is 66.5 Å². The van der Waals surface area contributed by atoms with Crippen LogP contribution in [0, 0.1) is 6.92 Å². The predicted octanol–water partition coefficient (Wildman–Crippen LogP) is 5.74. The number of piperazine rings is 1. The predicted molar refractivity (Wildman–Crippen MR) is 196 cm³/mol. The normalized spacial score (nSPS) is 13.9. The number of sulfone groups is 1. The second-order valence-electron chi connectivity index (χ2n) is 12.3. The van der Waals surface area contributed by atoms with Gasteiger partial charge in [0.2, 0.25) is 5.75 Å². The van der Waals surface area contributed by atoms with Crippen molar-refractivity contribution in [2.45, 2.75) is 27.6 Å². The lowest BCUT2D eigenvalue weighted by Gasteiger charge is -2.36. The van der Waals surface area contributed by atoms with Gasteiger partial charge in [-0.05, 0) is 73.7 Å². The Morgan fingerprint density at radius 3 is 2.33 bits per heavy atom. The Balaban J connectivity index is 1.24. The van der Waals surface area contributed by atoms with Crippen LogP contribution in [0.25, 0.3) is 11.1 Å². The molecule has 13 heteroatoms. The van der Waals surface area contributed by atoms with Gasteiger partial charge in [0.05, 0.1) is 17.8 Å². The maximum Gasteiger partial charge on any atom is 0.204 e. The Bertz CT molecular complexity index is 1960. The monoisotopic (exact) mass is 698 g/mol. The minimum absolute atomic E-state index is 0.0976. The van der Waals surface area contributed by atoms with Crippen molar-refractivity contribution in [2.75, 3.05) is 70.7 Å².